The van der Waals surface area contributed by atoms with Gasteiger partial charge in [0.2, 0.25) is 0 Å². The van der Waals surface area contributed by atoms with Gasteiger partial charge in [0, 0.05) is 14.1 Å². The summed E-state index contributed by atoms with van der Waals surface area (Å²) in [4.78, 5) is 24.5. The normalized spacial score (nSPS) is 9.69. The van der Waals surface area contributed by atoms with Crippen molar-refractivity contribution in [2.75, 3.05) is 14.1 Å². The molecule has 0 spiro atoms. The van der Waals surface area contributed by atoms with Crippen LogP contribution in [0.4, 0.5) is 0 Å². The van der Waals surface area contributed by atoms with E-state index in [4.69, 9.17) is 5.73 Å². The number of nitrogens with zero attached hydrogens (tertiary/aromatic N) is 1. The smallest absolute Gasteiger partial charge is 0.263 e. The fourth-order valence-corrected chi connectivity index (χ4v) is 1.69. The molecule has 4 nitrogen and oxygen atoms in total. The van der Waals surface area contributed by atoms with Gasteiger partial charge in [-0.05, 0) is 12.1 Å². The summed E-state index contributed by atoms with van der Waals surface area (Å²) in [5.41, 5.74) is 5.05. The Labute approximate surface area is 80.0 Å². The molecule has 13 heavy (non-hydrogen) atoms. The van der Waals surface area contributed by atoms with Gasteiger partial charge in [0.15, 0.2) is 0 Å². The molecular weight excluding hydrogens is 188 g/mol. The third-order valence-electron chi connectivity index (χ3n) is 1.47. The molecule has 70 valence electrons. The molecule has 0 fully saturated rings. The summed E-state index contributed by atoms with van der Waals surface area (Å²) in [6.45, 7) is 0. The van der Waals surface area contributed by atoms with Crippen LogP contribution in [0.3, 0.4) is 0 Å². The van der Waals surface area contributed by atoms with Crippen LogP contribution in [0, 0.1) is 0 Å². The van der Waals surface area contributed by atoms with Crippen molar-refractivity contribution >= 4 is 23.2 Å². The third-order valence-corrected chi connectivity index (χ3v) is 2.55. The van der Waals surface area contributed by atoms with E-state index in [0.29, 0.717) is 9.75 Å². The molecule has 0 radical (unpaired) electrons. The van der Waals surface area contributed by atoms with Gasteiger partial charge in [-0.25, -0.2) is 0 Å². The van der Waals surface area contributed by atoms with Crippen LogP contribution in [0.1, 0.15) is 19.3 Å². The zero-order valence-electron chi connectivity index (χ0n) is 7.40. The number of hydrogen-bond donors (Lipinski definition) is 1. The second-order valence-corrected chi connectivity index (χ2v) is 3.81. The fraction of sp³-hybridized carbons (Fsp3) is 0.250. The van der Waals surface area contributed by atoms with E-state index in [1.165, 1.54) is 4.90 Å². The van der Waals surface area contributed by atoms with Gasteiger partial charge in [-0.3, -0.25) is 9.59 Å². The lowest BCUT2D eigenvalue weighted by atomic mass is 10.4. The molecule has 0 unspecified atom stereocenters. The van der Waals surface area contributed by atoms with Crippen LogP contribution < -0.4 is 5.73 Å². The molecule has 2 amide bonds. The highest BCUT2D eigenvalue weighted by Crippen LogP contribution is 2.16. The molecule has 1 heterocycles. The molecule has 5 heteroatoms. The summed E-state index contributed by atoms with van der Waals surface area (Å²) in [6.07, 6.45) is 0. The molecule has 0 aliphatic carbocycles. The minimum Gasteiger partial charge on any atom is -0.365 e. The summed E-state index contributed by atoms with van der Waals surface area (Å²) >= 11 is 1.11. The first-order valence-electron chi connectivity index (χ1n) is 3.63. The molecule has 0 aliphatic rings. The van der Waals surface area contributed by atoms with Gasteiger partial charge in [0.1, 0.15) is 0 Å². The summed E-state index contributed by atoms with van der Waals surface area (Å²) in [5.74, 6) is -0.611. The second-order valence-electron chi connectivity index (χ2n) is 2.73. The average Bonchev–Trinajstić information content (AvgIpc) is 2.50. The maximum absolute atomic E-state index is 11.4. The van der Waals surface area contributed by atoms with Crippen molar-refractivity contribution < 1.29 is 9.59 Å². The molecule has 1 aromatic rings. The lowest BCUT2D eigenvalue weighted by Crippen LogP contribution is -2.20. The Morgan fingerprint density at radius 3 is 2.23 bits per heavy atom. The van der Waals surface area contributed by atoms with Gasteiger partial charge in [-0.15, -0.1) is 11.3 Å². The number of thiophene rings is 1. The number of carbonyl (C=O) groups is 2. The predicted molar refractivity (Wildman–Crippen MR) is 50.9 cm³/mol. The van der Waals surface area contributed by atoms with E-state index in [1.807, 2.05) is 0 Å². The van der Waals surface area contributed by atoms with E-state index in [9.17, 15) is 9.59 Å². The first kappa shape index (κ1) is 9.73. The Bertz CT molecular complexity index is 344. The van der Waals surface area contributed by atoms with Gasteiger partial charge < -0.3 is 10.6 Å². The number of hydrogen-bond acceptors (Lipinski definition) is 3. The van der Waals surface area contributed by atoms with Crippen LogP contribution in [0.15, 0.2) is 12.1 Å². The summed E-state index contributed by atoms with van der Waals surface area (Å²) in [7, 11) is 3.32. The number of primary amides is 1. The largest absolute Gasteiger partial charge is 0.365 e. The Morgan fingerprint density at radius 1 is 1.31 bits per heavy atom. The van der Waals surface area contributed by atoms with E-state index < -0.39 is 5.91 Å². The van der Waals surface area contributed by atoms with E-state index in [-0.39, 0.29) is 5.91 Å². The van der Waals surface area contributed by atoms with Crippen molar-refractivity contribution in [3.63, 3.8) is 0 Å². The first-order valence-corrected chi connectivity index (χ1v) is 4.45. The average molecular weight is 198 g/mol. The van der Waals surface area contributed by atoms with Crippen molar-refractivity contribution in [2.45, 2.75) is 0 Å². The maximum Gasteiger partial charge on any atom is 0.263 e. The monoisotopic (exact) mass is 198 g/mol. The molecule has 0 atom stereocenters. The molecule has 0 saturated heterocycles. The van der Waals surface area contributed by atoms with Crippen molar-refractivity contribution in [1.29, 1.82) is 0 Å². The number of amides is 2. The SMILES string of the molecule is CN(C)C(=O)c1ccc(C(N)=O)s1. The maximum atomic E-state index is 11.4. The number of carbonyl (C=O) groups excluding carboxylic acids is 2. The van der Waals surface area contributed by atoms with Crippen molar-refractivity contribution in [1.82, 2.24) is 4.90 Å². The van der Waals surface area contributed by atoms with Gasteiger partial charge in [-0.1, -0.05) is 0 Å². The minimum atomic E-state index is -0.497. The van der Waals surface area contributed by atoms with E-state index in [1.54, 1.807) is 26.2 Å². The molecule has 0 bridgehead atoms. The topological polar surface area (TPSA) is 63.4 Å². The number of nitrogens with two attached hydrogens (primary N) is 1. The lowest BCUT2D eigenvalue weighted by molar-refractivity contribution is 0.0832. The summed E-state index contributed by atoms with van der Waals surface area (Å²) < 4.78 is 0. The standard InChI is InChI=1S/C8H10N2O2S/c1-10(2)8(12)6-4-3-5(13-6)7(9)11/h3-4H,1-2H3,(H2,9,11). The summed E-state index contributed by atoms with van der Waals surface area (Å²) in [6, 6.07) is 3.16. The van der Waals surface area contributed by atoms with Crippen LogP contribution in [-0.2, 0) is 0 Å². The Hall–Kier alpha value is -1.36. The Morgan fingerprint density at radius 2 is 1.85 bits per heavy atom. The summed E-state index contributed by atoms with van der Waals surface area (Å²) in [5, 5.41) is 0. The fourth-order valence-electron chi connectivity index (χ4n) is 0.806. The molecule has 1 rings (SSSR count). The van der Waals surface area contributed by atoms with E-state index in [0.717, 1.165) is 11.3 Å². The second kappa shape index (κ2) is 3.57. The van der Waals surface area contributed by atoms with Crippen LogP contribution in [0.25, 0.3) is 0 Å². The van der Waals surface area contributed by atoms with Crippen LogP contribution >= 0.6 is 11.3 Å². The van der Waals surface area contributed by atoms with Gasteiger partial charge in [0.05, 0.1) is 9.75 Å². The number of rotatable bonds is 2. The van der Waals surface area contributed by atoms with Crippen molar-refractivity contribution in [2.24, 2.45) is 5.73 Å². The van der Waals surface area contributed by atoms with Crippen LogP contribution in [0.2, 0.25) is 0 Å². The highest BCUT2D eigenvalue weighted by atomic mass is 32.1. The van der Waals surface area contributed by atoms with Gasteiger partial charge >= 0.3 is 0 Å². The van der Waals surface area contributed by atoms with Gasteiger partial charge in [0.25, 0.3) is 11.8 Å². The molecule has 1 aromatic heterocycles. The Balaban J connectivity index is 2.92. The predicted octanol–water partition coefficient (Wildman–Crippen LogP) is 0.549. The van der Waals surface area contributed by atoms with Crippen molar-refractivity contribution in [3.8, 4) is 0 Å². The van der Waals surface area contributed by atoms with Gasteiger partial charge in [-0.2, -0.15) is 0 Å². The molecule has 0 aromatic carbocycles. The van der Waals surface area contributed by atoms with Crippen LogP contribution in [0.5, 0.6) is 0 Å². The van der Waals surface area contributed by atoms with Crippen LogP contribution in [-0.4, -0.2) is 30.8 Å². The Kier molecular flexibility index (Phi) is 2.67. The molecule has 2 N–H and O–H groups in total. The quantitative estimate of drug-likeness (QED) is 0.754. The van der Waals surface area contributed by atoms with E-state index >= 15 is 0 Å². The zero-order valence-corrected chi connectivity index (χ0v) is 8.22. The molecule has 0 aliphatic heterocycles. The highest BCUT2D eigenvalue weighted by molar-refractivity contribution is 7.15. The van der Waals surface area contributed by atoms with Crippen molar-refractivity contribution in [3.05, 3.63) is 21.9 Å². The minimum absolute atomic E-state index is 0.113. The first-order chi connectivity index (χ1) is 6.02. The lowest BCUT2D eigenvalue weighted by Gasteiger charge is -2.06. The van der Waals surface area contributed by atoms with E-state index in [2.05, 4.69) is 0 Å². The zero-order chi connectivity index (χ0) is 10.0. The molecule has 0 saturated carbocycles. The highest BCUT2D eigenvalue weighted by Gasteiger charge is 2.12. The molecular formula is C8H10N2O2S. The third kappa shape index (κ3) is 2.06.